The van der Waals surface area contributed by atoms with E-state index in [2.05, 4.69) is 0 Å². The van der Waals surface area contributed by atoms with Gasteiger partial charge in [-0.15, -0.1) is 0 Å². The van der Waals surface area contributed by atoms with Crippen molar-refractivity contribution in [1.29, 1.82) is 0 Å². The summed E-state index contributed by atoms with van der Waals surface area (Å²) in [6.07, 6.45) is 0. The van der Waals surface area contributed by atoms with Crippen LogP contribution in [0.2, 0.25) is 0 Å². The molecule has 0 aliphatic heterocycles. The van der Waals surface area contributed by atoms with Crippen LogP contribution in [0.5, 0.6) is 5.75 Å². The molecular formula is C14H19NO5. The zero-order chi connectivity index (χ0) is 15.1. The van der Waals surface area contributed by atoms with Crippen LogP contribution in [0.3, 0.4) is 0 Å². The van der Waals surface area contributed by atoms with Gasteiger partial charge in [-0.3, -0.25) is 9.59 Å². The first-order chi connectivity index (χ1) is 9.49. The molecule has 1 rings (SSSR count). The number of hydrogen-bond donors (Lipinski definition) is 1. The Kier molecular flexibility index (Phi) is 5.99. The van der Waals surface area contributed by atoms with E-state index in [1.165, 1.54) is 19.1 Å². The summed E-state index contributed by atoms with van der Waals surface area (Å²) in [5.41, 5.74) is 1.30. The van der Waals surface area contributed by atoms with Crippen molar-refractivity contribution in [2.24, 2.45) is 0 Å². The van der Waals surface area contributed by atoms with Crippen LogP contribution in [0.25, 0.3) is 0 Å². The smallest absolute Gasteiger partial charge is 0.323 e. The highest BCUT2D eigenvalue weighted by Gasteiger charge is 2.19. The van der Waals surface area contributed by atoms with Crippen LogP contribution in [-0.4, -0.2) is 55.8 Å². The van der Waals surface area contributed by atoms with Gasteiger partial charge in [0.15, 0.2) is 0 Å². The monoisotopic (exact) mass is 281 g/mol. The summed E-state index contributed by atoms with van der Waals surface area (Å²) in [6, 6.07) is 5.03. The molecule has 6 nitrogen and oxygen atoms in total. The lowest BCUT2D eigenvalue weighted by atomic mass is 10.1. The van der Waals surface area contributed by atoms with Crippen LogP contribution in [-0.2, 0) is 9.53 Å². The number of nitrogens with zero attached hydrogens (tertiary/aromatic N) is 1. The van der Waals surface area contributed by atoms with Crippen LogP contribution >= 0.6 is 0 Å². The average molecular weight is 281 g/mol. The molecule has 1 N–H and O–H groups in total. The van der Waals surface area contributed by atoms with Gasteiger partial charge < -0.3 is 19.5 Å². The molecule has 1 amide bonds. The molecule has 0 aliphatic carbocycles. The minimum Gasteiger partial charge on any atom is -0.496 e. The van der Waals surface area contributed by atoms with Crippen molar-refractivity contribution in [3.8, 4) is 5.75 Å². The number of aryl methyl sites for hydroxylation is 1. The van der Waals surface area contributed by atoms with Gasteiger partial charge in [-0.05, 0) is 24.6 Å². The molecule has 0 aromatic heterocycles. The first kappa shape index (κ1) is 16.0. The minimum absolute atomic E-state index is 0.220. The van der Waals surface area contributed by atoms with Crippen molar-refractivity contribution in [3.05, 3.63) is 29.3 Å². The third kappa shape index (κ3) is 4.24. The summed E-state index contributed by atoms with van der Waals surface area (Å²) in [5, 5.41) is 8.86. The predicted octanol–water partition coefficient (Wildman–Crippen LogP) is 1.18. The van der Waals surface area contributed by atoms with E-state index in [4.69, 9.17) is 14.6 Å². The zero-order valence-corrected chi connectivity index (χ0v) is 11.9. The van der Waals surface area contributed by atoms with Gasteiger partial charge in [0, 0.05) is 19.2 Å². The Balaban J connectivity index is 2.95. The maximum absolute atomic E-state index is 12.3. The standard InChI is InChI=1S/C14H19NO5/c1-10-4-5-11(8-12(10)20-3)14(18)15(6-7-19-2)9-13(16)17/h4-5,8H,6-7,9H2,1-3H3,(H,16,17). The Bertz CT molecular complexity index is 486. The number of carbonyl (C=O) groups is 2. The summed E-state index contributed by atoms with van der Waals surface area (Å²) in [7, 11) is 3.02. The SMILES string of the molecule is COCCN(CC(=O)O)C(=O)c1ccc(C)c(OC)c1. The molecule has 1 aromatic rings. The maximum Gasteiger partial charge on any atom is 0.323 e. The molecule has 0 atom stereocenters. The molecule has 0 radical (unpaired) electrons. The molecule has 0 saturated carbocycles. The van der Waals surface area contributed by atoms with E-state index in [0.29, 0.717) is 11.3 Å². The Morgan fingerprint density at radius 3 is 2.55 bits per heavy atom. The van der Waals surface area contributed by atoms with E-state index in [-0.39, 0.29) is 25.6 Å². The Hall–Kier alpha value is -2.08. The van der Waals surface area contributed by atoms with Gasteiger partial charge in [-0.25, -0.2) is 0 Å². The summed E-state index contributed by atoms with van der Waals surface area (Å²) in [4.78, 5) is 24.4. The van der Waals surface area contributed by atoms with Gasteiger partial charge in [-0.1, -0.05) is 6.07 Å². The van der Waals surface area contributed by atoms with Gasteiger partial charge in [0.1, 0.15) is 12.3 Å². The summed E-state index contributed by atoms with van der Waals surface area (Å²) in [5.74, 6) is -0.825. The third-order valence-corrected chi connectivity index (χ3v) is 2.83. The molecule has 0 heterocycles. The molecule has 0 unspecified atom stereocenters. The van der Waals surface area contributed by atoms with E-state index in [1.54, 1.807) is 18.2 Å². The average Bonchev–Trinajstić information content (AvgIpc) is 2.42. The van der Waals surface area contributed by atoms with Crippen molar-refractivity contribution in [3.63, 3.8) is 0 Å². The normalized spacial score (nSPS) is 10.2. The van der Waals surface area contributed by atoms with Gasteiger partial charge in [-0.2, -0.15) is 0 Å². The van der Waals surface area contributed by atoms with E-state index >= 15 is 0 Å². The topological polar surface area (TPSA) is 76.1 Å². The highest BCUT2D eigenvalue weighted by molar-refractivity contribution is 5.96. The molecule has 1 aromatic carbocycles. The number of aliphatic carboxylic acids is 1. The van der Waals surface area contributed by atoms with Gasteiger partial charge in [0.25, 0.3) is 5.91 Å². The van der Waals surface area contributed by atoms with Crippen LogP contribution in [0, 0.1) is 6.92 Å². The molecular weight excluding hydrogens is 262 g/mol. The van der Waals surface area contributed by atoms with Crippen LogP contribution in [0.15, 0.2) is 18.2 Å². The second-order valence-electron chi connectivity index (χ2n) is 4.30. The first-order valence-electron chi connectivity index (χ1n) is 6.14. The van der Waals surface area contributed by atoms with Gasteiger partial charge in [0.2, 0.25) is 0 Å². The molecule has 0 aliphatic rings. The number of carboxylic acids is 1. The highest BCUT2D eigenvalue weighted by Crippen LogP contribution is 2.20. The van der Waals surface area contributed by atoms with E-state index in [0.717, 1.165) is 5.56 Å². The van der Waals surface area contributed by atoms with Crippen LogP contribution < -0.4 is 4.74 Å². The fourth-order valence-electron chi connectivity index (χ4n) is 1.75. The minimum atomic E-state index is -1.06. The number of carbonyl (C=O) groups excluding carboxylic acids is 1. The first-order valence-corrected chi connectivity index (χ1v) is 6.14. The number of methoxy groups -OCH3 is 2. The lowest BCUT2D eigenvalue weighted by Gasteiger charge is -2.20. The van der Waals surface area contributed by atoms with E-state index in [1.807, 2.05) is 6.92 Å². The second kappa shape index (κ2) is 7.49. The van der Waals surface area contributed by atoms with E-state index < -0.39 is 5.97 Å². The Morgan fingerprint density at radius 1 is 1.30 bits per heavy atom. The summed E-state index contributed by atoms with van der Waals surface area (Å²) < 4.78 is 10.1. The number of carboxylic acid groups (broad SMARTS) is 1. The predicted molar refractivity (Wildman–Crippen MR) is 73.1 cm³/mol. The third-order valence-electron chi connectivity index (χ3n) is 2.83. The Morgan fingerprint density at radius 2 is 2.00 bits per heavy atom. The quantitative estimate of drug-likeness (QED) is 0.812. The largest absolute Gasteiger partial charge is 0.496 e. The molecule has 0 saturated heterocycles. The molecule has 0 bridgehead atoms. The number of rotatable bonds is 7. The zero-order valence-electron chi connectivity index (χ0n) is 11.9. The lowest BCUT2D eigenvalue weighted by molar-refractivity contribution is -0.137. The fourth-order valence-corrected chi connectivity index (χ4v) is 1.75. The molecule has 0 fully saturated rings. The number of benzene rings is 1. The van der Waals surface area contributed by atoms with Crippen molar-refractivity contribution < 1.29 is 24.2 Å². The Labute approximate surface area is 117 Å². The number of ether oxygens (including phenoxy) is 2. The molecule has 110 valence electrons. The lowest BCUT2D eigenvalue weighted by Crippen LogP contribution is -2.38. The number of hydrogen-bond acceptors (Lipinski definition) is 4. The summed E-state index contributed by atoms with van der Waals surface area (Å²) in [6.45, 7) is 2.01. The molecule has 20 heavy (non-hydrogen) atoms. The van der Waals surface area contributed by atoms with Crippen molar-refractivity contribution in [2.75, 3.05) is 33.9 Å². The van der Waals surface area contributed by atoms with Crippen LogP contribution in [0.4, 0.5) is 0 Å². The second-order valence-corrected chi connectivity index (χ2v) is 4.30. The van der Waals surface area contributed by atoms with Crippen molar-refractivity contribution in [1.82, 2.24) is 4.90 Å². The van der Waals surface area contributed by atoms with Crippen LogP contribution in [0.1, 0.15) is 15.9 Å². The fraction of sp³-hybridized carbons (Fsp3) is 0.429. The molecule has 6 heteroatoms. The van der Waals surface area contributed by atoms with Gasteiger partial charge >= 0.3 is 5.97 Å². The molecule has 0 spiro atoms. The van der Waals surface area contributed by atoms with Crippen molar-refractivity contribution in [2.45, 2.75) is 6.92 Å². The maximum atomic E-state index is 12.3. The number of amides is 1. The highest BCUT2D eigenvalue weighted by atomic mass is 16.5. The van der Waals surface area contributed by atoms with Crippen molar-refractivity contribution >= 4 is 11.9 Å². The van der Waals surface area contributed by atoms with Gasteiger partial charge in [0.05, 0.1) is 13.7 Å². The summed E-state index contributed by atoms with van der Waals surface area (Å²) >= 11 is 0. The van der Waals surface area contributed by atoms with E-state index in [9.17, 15) is 9.59 Å².